The van der Waals surface area contributed by atoms with Crippen molar-refractivity contribution >= 4 is 23.2 Å². The summed E-state index contributed by atoms with van der Waals surface area (Å²) >= 11 is 0. The molecule has 0 aliphatic carbocycles. The molecule has 0 radical (unpaired) electrons. The van der Waals surface area contributed by atoms with Crippen LogP contribution in [0.25, 0.3) is 0 Å². The Kier molecular flexibility index (Phi) is 7.78. The zero-order valence-corrected chi connectivity index (χ0v) is 22.1. The van der Waals surface area contributed by atoms with E-state index >= 15 is 0 Å². The van der Waals surface area contributed by atoms with Crippen molar-refractivity contribution in [1.82, 2.24) is 0 Å². The van der Waals surface area contributed by atoms with Gasteiger partial charge in [0, 0.05) is 0 Å². The number of ether oxygens (including phenoxy) is 1. The second-order valence-corrected chi connectivity index (χ2v) is 13.3. The van der Waals surface area contributed by atoms with Crippen LogP contribution in [-0.4, -0.2) is 7.11 Å². The Morgan fingerprint density at radius 3 is 1.57 bits per heavy atom. The van der Waals surface area contributed by atoms with Crippen LogP contribution in [0.1, 0.15) is 16.7 Å². The number of hydrogen-bond donors (Lipinski definition) is 0. The number of benzene rings is 5. The van der Waals surface area contributed by atoms with Crippen LogP contribution in [0, 0.1) is 5.82 Å². The van der Waals surface area contributed by atoms with E-state index in [1.807, 2.05) is 18.2 Å². The van der Waals surface area contributed by atoms with E-state index in [1.54, 1.807) is 19.2 Å². The molecule has 0 saturated carbocycles. The molecule has 0 atom stereocenters. The molecule has 1 nitrogen and oxygen atoms in total. The summed E-state index contributed by atoms with van der Waals surface area (Å²) in [5, 5.41) is 3.99. The Hall–Kier alpha value is -3.74. The summed E-state index contributed by atoms with van der Waals surface area (Å²) in [6, 6.07) is 46.0. The fourth-order valence-electron chi connectivity index (χ4n) is 5.33. The van der Waals surface area contributed by atoms with Crippen LogP contribution in [0.2, 0.25) is 0 Å². The van der Waals surface area contributed by atoms with Gasteiger partial charge in [0.25, 0.3) is 0 Å². The number of methoxy groups -OCH3 is 1. The molecule has 0 aliphatic rings. The van der Waals surface area contributed by atoms with E-state index in [0.29, 0.717) is 0 Å². The molecular weight excluding hydrogens is 474 g/mol. The first kappa shape index (κ1) is 24.9. The van der Waals surface area contributed by atoms with E-state index < -0.39 is 7.26 Å². The number of rotatable bonds is 9. The predicted octanol–water partition coefficient (Wildman–Crippen LogP) is 6.85. The average Bonchev–Trinajstić information content (AvgIpc) is 2.97. The van der Waals surface area contributed by atoms with Crippen molar-refractivity contribution in [2.75, 3.05) is 7.11 Å². The summed E-state index contributed by atoms with van der Waals surface area (Å²) in [4.78, 5) is 0. The fraction of sp³-hybridized carbons (Fsp3) is 0.118. The molecule has 0 bridgehead atoms. The number of halogens is 1. The first-order chi connectivity index (χ1) is 18.2. The molecule has 5 aromatic carbocycles. The Morgan fingerprint density at radius 1 is 0.568 bits per heavy atom. The van der Waals surface area contributed by atoms with Gasteiger partial charge in [0.05, 0.1) is 0 Å². The first-order valence-corrected chi connectivity index (χ1v) is 15.0. The average molecular weight is 507 g/mol. The maximum absolute atomic E-state index is 14.8. The second-order valence-electron chi connectivity index (χ2n) is 9.44. The van der Waals surface area contributed by atoms with Gasteiger partial charge in [-0.05, 0) is 0 Å². The van der Waals surface area contributed by atoms with Crippen LogP contribution in [0.4, 0.5) is 4.39 Å². The SMILES string of the molecule is COc1ccc(CCc2ccc(F)cc2C[PH](c2ccccc2)(c2ccccc2)c2ccccc2)cc1. The summed E-state index contributed by atoms with van der Waals surface area (Å²) < 4.78 is 20.1. The van der Waals surface area contributed by atoms with Gasteiger partial charge in [-0.1, -0.05) is 0 Å². The standard InChI is InChI=1S/C34H32FOP/c1-36-31-23-18-27(19-24-31)17-20-28-21-22-30(35)25-29(28)26-37(32-11-5-2-6-12-32,33-13-7-3-8-14-33)34-15-9-4-10-16-34/h2-16,18-19,21-25,37H,17,20,26H2,1H3. The van der Waals surface area contributed by atoms with Crippen LogP contribution < -0.4 is 20.7 Å². The van der Waals surface area contributed by atoms with Crippen molar-refractivity contribution in [3.63, 3.8) is 0 Å². The summed E-state index contributed by atoms with van der Waals surface area (Å²) in [5.41, 5.74) is 3.54. The normalized spacial score (nSPS) is 11.7. The molecule has 0 spiro atoms. The molecular formula is C34H32FOP. The Labute approximate surface area is 219 Å². The maximum atomic E-state index is 14.8. The van der Waals surface area contributed by atoms with Crippen LogP contribution in [0.5, 0.6) is 5.75 Å². The van der Waals surface area contributed by atoms with Gasteiger partial charge in [-0.15, -0.1) is 0 Å². The van der Waals surface area contributed by atoms with Gasteiger partial charge in [-0.25, -0.2) is 0 Å². The topological polar surface area (TPSA) is 9.23 Å². The first-order valence-electron chi connectivity index (χ1n) is 12.8. The van der Waals surface area contributed by atoms with Crippen molar-refractivity contribution in [3.8, 4) is 5.75 Å². The van der Waals surface area contributed by atoms with Gasteiger partial charge in [0.1, 0.15) is 0 Å². The van der Waals surface area contributed by atoms with E-state index in [-0.39, 0.29) is 5.82 Å². The third kappa shape index (κ3) is 5.50. The van der Waals surface area contributed by atoms with Gasteiger partial charge in [0.15, 0.2) is 0 Å². The fourth-order valence-corrected chi connectivity index (χ4v) is 10.1. The van der Waals surface area contributed by atoms with Crippen molar-refractivity contribution in [2.45, 2.75) is 19.0 Å². The quantitative estimate of drug-likeness (QED) is 0.199. The van der Waals surface area contributed by atoms with E-state index in [4.69, 9.17) is 4.74 Å². The molecule has 0 unspecified atom stereocenters. The zero-order chi connectivity index (χ0) is 25.5. The third-order valence-corrected chi connectivity index (χ3v) is 12.1. The van der Waals surface area contributed by atoms with E-state index in [9.17, 15) is 4.39 Å². The monoisotopic (exact) mass is 506 g/mol. The van der Waals surface area contributed by atoms with Crippen molar-refractivity contribution in [3.05, 3.63) is 156 Å². The summed E-state index contributed by atoms with van der Waals surface area (Å²) in [6.45, 7) is 0. The molecule has 0 N–H and O–H groups in total. The summed E-state index contributed by atoms with van der Waals surface area (Å²) in [5.74, 6) is 0.677. The molecule has 5 rings (SSSR count). The Morgan fingerprint density at radius 2 is 1.08 bits per heavy atom. The van der Waals surface area contributed by atoms with Crippen LogP contribution in [0.3, 0.4) is 0 Å². The van der Waals surface area contributed by atoms with Gasteiger partial charge >= 0.3 is 220 Å². The summed E-state index contributed by atoms with van der Waals surface area (Å²) in [6.07, 6.45) is 2.53. The molecule has 0 amide bonds. The van der Waals surface area contributed by atoms with Crippen molar-refractivity contribution < 1.29 is 9.13 Å². The van der Waals surface area contributed by atoms with E-state index in [0.717, 1.165) is 30.3 Å². The molecule has 5 aromatic rings. The summed E-state index contributed by atoms with van der Waals surface area (Å²) in [7, 11) is -0.840. The van der Waals surface area contributed by atoms with Crippen LogP contribution in [0.15, 0.2) is 133 Å². The molecule has 0 heterocycles. The second kappa shape index (κ2) is 11.5. The zero-order valence-electron chi connectivity index (χ0n) is 21.1. The van der Waals surface area contributed by atoms with Crippen molar-refractivity contribution in [2.24, 2.45) is 0 Å². The molecule has 0 aliphatic heterocycles. The third-order valence-electron chi connectivity index (χ3n) is 7.27. The Bertz CT molecular complexity index is 1320. The molecule has 37 heavy (non-hydrogen) atoms. The molecule has 0 saturated heterocycles. The van der Waals surface area contributed by atoms with Gasteiger partial charge in [-0.2, -0.15) is 0 Å². The van der Waals surface area contributed by atoms with E-state index in [2.05, 4.69) is 103 Å². The van der Waals surface area contributed by atoms with Gasteiger partial charge < -0.3 is 0 Å². The van der Waals surface area contributed by atoms with Gasteiger partial charge in [-0.3, -0.25) is 0 Å². The minimum absolute atomic E-state index is 0.180. The van der Waals surface area contributed by atoms with Crippen LogP contribution in [-0.2, 0) is 19.0 Å². The molecule has 186 valence electrons. The molecule has 0 fully saturated rings. The van der Waals surface area contributed by atoms with Crippen LogP contribution >= 0.6 is 7.26 Å². The van der Waals surface area contributed by atoms with Gasteiger partial charge in [0.2, 0.25) is 0 Å². The predicted molar refractivity (Wildman–Crippen MR) is 157 cm³/mol. The Balaban J connectivity index is 1.61. The number of hydrogen-bond acceptors (Lipinski definition) is 1. The van der Waals surface area contributed by atoms with E-state index in [1.165, 1.54) is 27.0 Å². The number of aryl methyl sites for hydroxylation is 2. The van der Waals surface area contributed by atoms with Crippen molar-refractivity contribution in [1.29, 1.82) is 0 Å². The minimum atomic E-state index is -2.52. The molecule has 0 aromatic heterocycles. The molecule has 3 heteroatoms.